The third-order valence-corrected chi connectivity index (χ3v) is 1.43. The van der Waals surface area contributed by atoms with Gasteiger partial charge < -0.3 is 9.47 Å². The van der Waals surface area contributed by atoms with Crippen molar-refractivity contribution in [2.24, 2.45) is 0 Å². The molecule has 0 N–H and O–H groups in total. The first-order valence-electron chi connectivity index (χ1n) is 4.18. The molecule has 0 saturated heterocycles. The smallest absolute Gasteiger partial charge is 0.344 e. The van der Waals surface area contributed by atoms with Crippen LogP contribution in [-0.2, 0) is 9.53 Å². The number of esters is 1. The molecule has 0 aliphatic carbocycles. The minimum absolute atomic E-state index is 0.000512. The van der Waals surface area contributed by atoms with Crippen LogP contribution in [0.25, 0.3) is 0 Å². The summed E-state index contributed by atoms with van der Waals surface area (Å²) in [5.41, 5.74) is 0. The Morgan fingerprint density at radius 1 is 1.64 bits per heavy atom. The van der Waals surface area contributed by atoms with Gasteiger partial charge in [-0.25, -0.2) is 9.18 Å². The Labute approximate surface area is 81.4 Å². The zero-order chi connectivity index (χ0) is 10.4. The quantitative estimate of drug-likeness (QED) is 0.687. The molecular formula is C10H10FO3. The summed E-state index contributed by atoms with van der Waals surface area (Å²) in [6.45, 7) is 1.68. The number of ether oxygens (including phenoxy) is 2. The summed E-state index contributed by atoms with van der Waals surface area (Å²) in [4.78, 5) is 10.8. The Bertz CT molecular complexity index is 312. The first kappa shape index (κ1) is 10.5. The number of hydrogen-bond acceptors (Lipinski definition) is 3. The second-order valence-corrected chi connectivity index (χ2v) is 2.45. The van der Waals surface area contributed by atoms with E-state index in [1.807, 2.05) is 0 Å². The Morgan fingerprint density at radius 2 is 2.43 bits per heavy atom. The van der Waals surface area contributed by atoms with E-state index in [9.17, 15) is 9.18 Å². The van der Waals surface area contributed by atoms with Gasteiger partial charge in [-0.15, -0.1) is 0 Å². The molecule has 4 heteroatoms. The highest BCUT2D eigenvalue weighted by atomic mass is 19.1. The van der Waals surface area contributed by atoms with Crippen molar-refractivity contribution in [3.63, 3.8) is 0 Å². The first-order chi connectivity index (χ1) is 6.74. The molecule has 3 nitrogen and oxygen atoms in total. The SMILES string of the molecule is CCOC(=O)COc1c[c]ccc1F. The standard InChI is InChI=1S/C10H10FO3/c1-2-13-10(12)7-14-9-6-4-3-5-8(9)11/h3,5-6H,2,7H2,1H3. The molecule has 0 atom stereocenters. The van der Waals surface area contributed by atoms with Gasteiger partial charge in [0.25, 0.3) is 0 Å². The van der Waals surface area contributed by atoms with Gasteiger partial charge in [-0.05, 0) is 25.1 Å². The molecule has 0 bridgehead atoms. The van der Waals surface area contributed by atoms with Gasteiger partial charge in [0.1, 0.15) is 0 Å². The maximum Gasteiger partial charge on any atom is 0.344 e. The fraction of sp³-hybridized carbons (Fsp3) is 0.300. The Morgan fingerprint density at radius 3 is 3.07 bits per heavy atom. The summed E-state index contributed by atoms with van der Waals surface area (Å²) in [7, 11) is 0. The lowest BCUT2D eigenvalue weighted by Crippen LogP contribution is -2.14. The molecule has 0 aromatic heterocycles. The molecule has 0 saturated carbocycles. The maximum absolute atomic E-state index is 12.9. The molecule has 0 unspecified atom stereocenters. The van der Waals surface area contributed by atoms with Crippen LogP contribution in [0.15, 0.2) is 18.2 Å². The van der Waals surface area contributed by atoms with E-state index in [1.165, 1.54) is 18.2 Å². The number of carbonyl (C=O) groups excluding carboxylic acids is 1. The fourth-order valence-corrected chi connectivity index (χ4v) is 0.846. The van der Waals surface area contributed by atoms with Gasteiger partial charge in [0, 0.05) is 0 Å². The van der Waals surface area contributed by atoms with Crippen molar-refractivity contribution < 1.29 is 18.7 Å². The highest BCUT2D eigenvalue weighted by Crippen LogP contribution is 2.14. The molecular weight excluding hydrogens is 187 g/mol. The summed E-state index contributed by atoms with van der Waals surface area (Å²) in [6, 6.07) is 6.60. The van der Waals surface area contributed by atoms with E-state index in [4.69, 9.17) is 4.74 Å². The molecule has 0 amide bonds. The molecule has 0 spiro atoms. The van der Waals surface area contributed by atoms with Crippen molar-refractivity contribution in [1.29, 1.82) is 0 Å². The normalized spacial score (nSPS) is 9.57. The van der Waals surface area contributed by atoms with Gasteiger partial charge >= 0.3 is 5.97 Å². The molecule has 0 aliphatic heterocycles. The molecule has 0 aliphatic rings. The lowest BCUT2D eigenvalue weighted by molar-refractivity contribution is -0.145. The highest BCUT2D eigenvalue weighted by molar-refractivity contribution is 5.71. The second-order valence-electron chi connectivity index (χ2n) is 2.45. The lowest BCUT2D eigenvalue weighted by atomic mass is 10.3. The third-order valence-electron chi connectivity index (χ3n) is 1.43. The zero-order valence-electron chi connectivity index (χ0n) is 7.75. The fourth-order valence-electron chi connectivity index (χ4n) is 0.846. The van der Waals surface area contributed by atoms with Crippen LogP contribution in [0.2, 0.25) is 0 Å². The van der Waals surface area contributed by atoms with Crippen LogP contribution in [0.3, 0.4) is 0 Å². The molecule has 1 aromatic rings. The topological polar surface area (TPSA) is 35.5 Å². The lowest BCUT2D eigenvalue weighted by Gasteiger charge is -2.05. The largest absolute Gasteiger partial charge is 0.479 e. The zero-order valence-corrected chi connectivity index (χ0v) is 7.75. The highest BCUT2D eigenvalue weighted by Gasteiger charge is 2.05. The Hall–Kier alpha value is -1.58. The van der Waals surface area contributed by atoms with Crippen LogP contribution >= 0.6 is 0 Å². The number of benzene rings is 1. The Balaban J connectivity index is 2.46. The van der Waals surface area contributed by atoms with Gasteiger partial charge in [-0.3, -0.25) is 0 Å². The van der Waals surface area contributed by atoms with Crippen molar-refractivity contribution in [2.45, 2.75) is 6.92 Å². The molecule has 75 valence electrons. The van der Waals surface area contributed by atoms with Crippen LogP contribution in [0.1, 0.15) is 6.92 Å². The van der Waals surface area contributed by atoms with E-state index >= 15 is 0 Å². The summed E-state index contributed by atoms with van der Waals surface area (Å²) in [5, 5.41) is 0. The van der Waals surface area contributed by atoms with Crippen LogP contribution in [-0.4, -0.2) is 19.2 Å². The number of rotatable bonds is 4. The van der Waals surface area contributed by atoms with Gasteiger partial charge in [0.05, 0.1) is 6.61 Å². The van der Waals surface area contributed by atoms with E-state index in [2.05, 4.69) is 10.8 Å². The van der Waals surface area contributed by atoms with Gasteiger partial charge in [0.2, 0.25) is 0 Å². The van der Waals surface area contributed by atoms with Crippen LogP contribution in [0.5, 0.6) is 5.75 Å². The summed E-state index contributed by atoms with van der Waals surface area (Å²) >= 11 is 0. The predicted octanol–water partition coefficient (Wildman–Crippen LogP) is 1.57. The number of halogens is 1. The van der Waals surface area contributed by atoms with E-state index in [1.54, 1.807) is 6.92 Å². The number of hydrogen-bond donors (Lipinski definition) is 0. The van der Waals surface area contributed by atoms with E-state index in [0.29, 0.717) is 0 Å². The third kappa shape index (κ3) is 3.05. The van der Waals surface area contributed by atoms with Crippen molar-refractivity contribution in [2.75, 3.05) is 13.2 Å². The second kappa shape index (κ2) is 5.21. The van der Waals surface area contributed by atoms with Gasteiger partial charge in [0.15, 0.2) is 18.2 Å². The minimum atomic E-state index is -0.520. The van der Waals surface area contributed by atoms with Crippen LogP contribution in [0, 0.1) is 11.9 Å². The van der Waals surface area contributed by atoms with Crippen molar-refractivity contribution in [3.8, 4) is 5.75 Å². The molecule has 14 heavy (non-hydrogen) atoms. The molecule has 1 rings (SSSR count). The molecule has 0 fully saturated rings. The monoisotopic (exact) mass is 197 g/mol. The predicted molar refractivity (Wildman–Crippen MR) is 47.4 cm³/mol. The van der Waals surface area contributed by atoms with E-state index in [0.717, 1.165) is 0 Å². The summed E-state index contributed by atoms with van der Waals surface area (Å²) in [5.74, 6) is -1.04. The maximum atomic E-state index is 12.9. The summed E-state index contributed by atoms with van der Waals surface area (Å²) < 4.78 is 22.4. The molecule has 0 heterocycles. The van der Waals surface area contributed by atoms with Gasteiger partial charge in [-0.1, -0.05) is 6.07 Å². The average molecular weight is 197 g/mol. The minimum Gasteiger partial charge on any atom is -0.479 e. The summed E-state index contributed by atoms with van der Waals surface area (Å²) in [6.07, 6.45) is 0. The van der Waals surface area contributed by atoms with E-state index in [-0.39, 0.29) is 19.0 Å². The Kier molecular flexibility index (Phi) is 3.91. The van der Waals surface area contributed by atoms with Crippen molar-refractivity contribution in [3.05, 3.63) is 30.1 Å². The molecule has 1 radical (unpaired) electrons. The van der Waals surface area contributed by atoms with Crippen LogP contribution in [0.4, 0.5) is 4.39 Å². The first-order valence-corrected chi connectivity index (χ1v) is 4.18. The molecule has 1 aromatic carbocycles. The van der Waals surface area contributed by atoms with Crippen LogP contribution < -0.4 is 4.74 Å². The van der Waals surface area contributed by atoms with Crippen molar-refractivity contribution in [1.82, 2.24) is 0 Å². The number of carbonyl (C=O) groups is 1. The van der Waals surface area contributed by atoms with Gasteiger partial charge in [-0.2, -0.15) is 0 Å². The average Bonchev–Trinajstić information content (AvgIpc) is 2.17. The van der Waals surface area contributed by atoms with Crippen molar-refractivity contribution >= 4 is 5.97 Å². The van der Waals surface area contributed by atoms with E-state index < -0.39 is 11.8 Å².